The molecule has 0 bridgehead atoms. The highest BCUT2D eigenvalue weighted by Crippen LogP contribution is 2.39. The third kappa shape index (κ3) is 4.33. The molecule has 31 heavy (non-hydrogen) atoms. The van der Waals surface area contributed by atoms with Crippen molar-refractivity contribution in [1.29, 1.82) is 5.26 Å². The number of nitrogens with zero attached hydrogens (tertiary/aromatic N) is 2. The highest BCUT2D eigenvalue weighted by molar-refractivity contribution is 6.05. The normalized spacial score (nSPS) is 15.0. The summed E-state index contributed by atoms with van der Waals surface area (Å²) in [6, 6.07) is 17.4. The molecule has 1 aliphatic carbocycles. The lowest BCUT2D eigenvalue weighted by Gasteiger charge is -2.22. The summed E-state index contributed by atoms with van der Waals surface area (Å²) in [6.45, 7) is 1.21. The third-order valence-electron chi connectivity index (χ3n) is 5.46. The summed E-state index contributed by atoms with van der Waals surface area (Å²) < 4.78 is 5.27. The largest absolute Gasteiger partial charge is 0.508 e. The van der Waals surface area contributed by atoms with Gasteiger partial charge in [0, 0.05) is 10.9 Å². The van der Waals surface area contributed by atoms with Crippen LogP contribution in [0.2, 0.25) is 0 Å². The van der Waals surface area contributed by atoms with Gasteiger partial charge in [-0.1, -0.05) is 18.2 Å². The van der Waals surface area contributed by atoms with Crippen LogP contribution in [-0.4, -0.2) is 34.1 Å². The van der Waals surface area contributed by atoms with Crippen LogP contribution < -0.4 is 5.32 Å². The predicted octanol–water partition coefficient (Wildman–Crippen LogP) is 3.57. The Bertz CT molecular complexity index is 1200. The Morgan fingerprint density at radius 3 is 2.61 bits per heavy atom. The van der Waals surface area contributed by atoms with Crippen molar-refractivity contribution in [3.63, 3.8) is 0 Å². The van der Waals surface area contributed by atoms with Crippen LogP contribution in [0.1, 0.15) is 30.1 Å². The molecule has 0 radical (unpaired) electrons. The molecule has 1 heterocycles. The number of ether oxygens (including phenoxy) is 1. The van der Waals surface area contributed by atoms with Gasteiger partial charge in [-0.25, -0.2) is 9.78 Å². The second-order valence-corrected chi connectivity index (χ2v) is 7.83. The van der Waals surface area contributed by atoms with Crippen LogP contribution in [0.4, 0.5) is 0 Å². The van der Waals surface area contributed by atoms with Crippen molar-refractivity contribution < 1.29 is 19.4 Å². The summed E-state index contributed by atoms with van der Waals surface area (Å²) in [5.74, 6) is -0.903. The number of phenolic OH excluding ortho intramolecular Hbond substituents is 1. The molecule has 0 saturated heterocycles. The average Bonchev–Trinajstić information content (AvgIpc) is 3.63. The van der Waals surface area contributed by atoms with Crippen molar-refractivity contribution in [2.75, 3.05) is 6.61 Å². The Hall–Kier alpha value is -3.92. The van der Waals surface area contributed by atoms with Gasteiger partial charge in [0.25, 0.3) is 5.91 Å². The van der Waals surface area contributed by atoms with Crippen molar-refractivity contribution in [1.82, 2.24) is 10.3 Å². The molecule has 1 aliphatic rings. The molecule has 1 amide bonds. The van der Waals surface area contributed by atoms with Crippen LogP contribution in [0.15, 0.2) is 54.6 Å². The number of para-hydroxylation sites is 1. The fraction of sp³-hybridized carbons (Fsp3) is 0.250. The summed E-state index contributed by atoms with van der Waals surface area (Å²) in [4.78, 5) is 29.7. The van der Waals surface area contributed by atoms with E-state index in [4.69, 9.17) is 4.74 Å². The van der Waals surface area contributed by atoms with Gasteiger partial charge in [-0.3, -0.25) is 4.79 Å². The van der Waals surface area contributed by atoms with Crippen molar-refractivity contribution in [3.8, 4) is 23.1 Å². The number of aromatic nitrogens is 1. The first-order chi connectivity index (χ1) is 14.9. The first kappa shape index (κ1) is 20.4. The molecule has 4 rings (SSSR count). The topological polar surface area (TPSA) is 112 Å². The van der Waals surface area contributed by atoms with Gasteiger partial charge in [-0.2, -0.15) is 5.26 Å². The van der Waals surface area contributed by atoms with E-state index in [0.717, 1.165) is 18.4 Å². The number of nitrogens with one attached hydrogen (secondary N) is 1. The predicted molar refractivity (Wildman–Crippen MR) is 114 cm³/mol. The van der Waals surface area contributed by atoms with E-state index in [1.807, 2.05) is 6.07 Å². The summed E-state index contributed by atoms with van der Waals surface area (Å²) in [7, 11) is 0. The van der Waals surface area contributed by atoms with Crippen LogP contribution >= 0.6 is 0 Å². The SMILES string of the molecule is CC(C#N)(NC(=O)COC(=O)c1cc(-c2ccc(O)cc2)nc2ccccc12)C1CC1. The Morgan fingerprint density at radius 2 is 1.94 bits per heavy atom. The van der Waals surface area contributed by atoms with Crippen molar-refractivity contribution in [2.45, 2.75) is 25.3 Å². The zero-order valence-electron chi connectivity index (χ0n) is 17.0. The molecule has 0 aliphatic heterocycles. The minimum Gasteiger partial charge on any atom is -0.508 e. The molecular weight excluding hydrogens is 394 g/mol. The zero-order valence-corrected chi connectivity index (χ0v) is 17.0. The van der Waals surface area contributed by atoms with Gasteiger partial charge in [0.1, 0.15) is 11.3 Å². The lowest BCUT2D eigenvalue weighted by molar-refractivity contribution is -0.125. The van der Waals surface area contributed by atoms with Crippen molar-refractivity contribution in [2.24, 2.45) is 5.92 Å². The van der Waals surface area contributed by atoms with E-state index in [2.05, 4.69) is 16.4 Å². The molecule has 1 aromatic heterocycles. The number of nitriles is 1. The number of benzene rings is 2. The Morgan fingerprint density at radius 1 is 1.23 bits per heavy atom. The summed E-state index contributed by atoms with van der Waals surface area (Å²) in [5.41, 5.74) is 1.21. The van der Waals surface area contributed by atoms with E-state index >= 15 is 0 Å². The monoisotopic (exact) mass is 415 g/mol. The smallest absolute Gasteiger partial charge is 0.339 e. The lowest BCUT2D eigenvalue weighted by Crippen LogP contribution is -2.48. The molecular formula is C24H21N3O4. The van der Waals surface area contributed by atoms with Crippen LogP contribution in [0.3, 0.4) is 0 Å². The number of aromatic hydroxyl groups is 1. The number of rotatable bonds is 6. The molecule has 7 heteroatoms. The molecule has 7 nitrogen and oxygen atoms in total. The van der Waals surface area contributed by atoms with Gasteiger partial charge in [0.15, 0.2) is 6.61 Å². The molecule has 0 spiro atoms. The fourth-order valence-corrected chi connectivity index (χ4v) is 3.54. The minimum absolute atomic E-state index is 0.130. The van der Waals surface area contributed by atoms with Crippen LogP contribution in [-0.2, 0) is 9.53 Å². The maximum Gasteiger partial charge on any atom is 0.339 e. The first-order valence-electron chi connectivity index (χ1n) is 9.98. The number of hydrogen-bond acceptors (Lipinski definition) is 6. The highest BCUT2D eigenvalue weighted by Gasteiger charge is 2.43. The number of phenols is 1. The summed E-state index contributed by atoms with van der Waals surface area (Å²) in [6.07, 6.45) is 1.79. The van der Waals surface area contributed by atoms with Crippen molar-refractivity contribution >= 4 is 22.8 Å². The number of amides is 1. The number of hydrogen-bond donors (Lipinski definition) is 2. The molecule has 1 saturated carbocycles. The Labute approximate surface area is 179 Å². The van der Waals surface area contributed by atoms with Crippen LogP contribution in [0, 0.1) is 17.2 Å². The van der Waals surface area contributed by atoms with Gasteiger partial charge in [-0.15, -0.1) is 0 Å². The van der Waals surface area contributed by atoms with E-state index < -0.39 is 24.0 Å². The van der Waals surface area contributed by atoms with E-state index in [-0.39, 0.29) is 17.2 Å². The molecule has 2 N–H and O–H groups in total. The number of esters is 1. The highest BCUT2D eigenvalue weighted by atomic mass is 16.5. The molecule has 3 aromatic rings. The lowest BCUT2D eigenvalue weighted by atomic mass is 9.98. The quantitative estimate of drug-likeness (QED) is 0.595. The van der Waals surface area contributed by atoms with Gasteiger partial charge in [-0.05, 0) is 62.1 Å². The number of carbonyl (C=O) groups excluding carboxylic acids is 2. The Kier molecular flexibility index (Phi) is 5.30. The van der Waals surface area contributed by atoms with Crippen LogP contribution in [0.5, 0.6) is 5.75 Å². The van der Waals surface area contributed by atoms with E-state index in [0.29, 0.717) is 16.6 Å². The van der Waals surface area contributed by atoms with Gasteiger partial charge < -0.3 is 15.2 Å². The van der Waals surface area contributed by atoms with E-state index in [1.54, 1.807) is 55.5 Å². The molecule has 2 aromatic carbocycles. The number of pyridine rings is 1. The van der Waals surface area contributed by atoms with Crippen molar-refractivity contribution in [3.05, 3.63) is 60.2 Å². The zero-order chi connectivity index (χ0) is 22.0. The number of fused-ring (bicyclic) bond motifs is 1. The fourth-order valence-electron chi connectivity index (χ4n) is 3.54. The minimum atomic E-state index is -0.946. The molecule has 1 fully saturated rings. The maximum absolute atomic E-state index is 12.8. The third-order valence-corrected chi connectivity index (χ3v) is 5.46. The number of carbonyl (C=O) groups is 2. The standard InChI is InChI=1S/C24H21N3O4/c1-24(14-25,16-8-9-16)27-22(29)13-31-23(30)19-12-21(15-6-10-17(28)11-7-15)26-20-5-3-2-4-18(19)20/h2-7,10-12,16,28H,8-9,13H2,1H3,(H,27,29). The molecule has 1 unspecified atom stereocenters. The second-order valence-electron chi connectivity index (χ2n) is 7.83. The van der Waals surface area contributed by atoms with Gasteiger partial charge in [0.05, 0.1) is 22.8 Å². The Balaban J connectivity index is 1.56. The average molecular weight is 415 g/mol. The van der Waals surface area contributed by atoms with Gasteiger partial charge >= 0.3 is 5.97 Å². The summed E-state index contributed by atoms with van der Waals surface area (Å²) in [5, 5.41) is 22.2. The van der Waals surface area contributed by atoms with E-state index in [9.17, 15) is 20.0 Å². The van der Waals surface area contributed by atoms with Crippen LogP contribution in [0.25, 0.3) is 22.2 Å². The first-order valence-corrected chi connectivity index (χ1v) is 9.98. The second kappa shape index (κ2) is 8.07. The van der Waals surface area contributed by atoms with Gasteiger partial charge in [0.2, 0.25) is 0 Å². The molecule has 156 valence electrons. The maximum atomic E-state index is 12.8. The van der Waals surface area contributed by atoms with E-state index in [1.165, 1.54) is 0 Å². The molecule has 1 atom stereocenters. The summed E-state index contributed by atoms with van der Waals surface area (Å²) >= 11 is 0.